The third kappa shape index (κ3) is 3.72. The highest BCUT2D eigenvalue weighted by Crippen LogP contribution is 2.25. The van der Waals surface area contributed by atoms with Crippen molar-refractivity contribution in [3.05, 3.63) is 21.9 Å². The molecule has 4 heteroatoms. The first-order valence-corrected chi connectivity index (χ1v) is 9.77. The van der Waals surface area contributed by atoms with E-state index in [0.29, 0.717) is 6.04 Å². The van der Waals surface area contributed by atoms with Gasteiger partial charge in [-0.1, -0.05) is 26.2 Å². The molecule has 2 aliphatic rings. The van der Waals surface area contributed by atoms with Crippen molar-refractivity contribution in [3.8, 4) is 0 Å². The Morgan fingerprint density at radius 3 is 2.86 bits per heavy atom. The van der Waals surface area contributed by atoms with Gasteiger partial charge in [0.15, 0.2) is 0 Å². The lowest BCUT2D eigenvalue weighted by Crippen LogP contribution is -2.51. The first kappa shape index (κ1) is 16.0. The minimum Gasteiger partial charge on any atom is -0.347 e. The van der Waals surface area contributed by atoms with Crippen molar-refractivity contribution in [3.63, 3.8) is 0 Å². The number of carbonyl (C=O) groups excluding carboxylic acids is 1. The Labute approximate surface area is 138 Å². The summed E-state index contributed by atoms with van der Waals surface area (Å²) in [6.45, 7) is 4.38. The molecule has 2 fully saturated rings. The molecule has 22 heavy (non-hydrogen) atoms. The van der Waals surface area contributed by atoms with Gasteiger partial charge in [-0.15, -0.1) is 11.3 Å². The van der Waals surface area contributed by atoms with Gasteiger partial charge in [0.05, 0.1) is 4.88 Å². The van der Waals surface area contributed by atoms with Crippen LogP contribution in [0.2, 0.25) is 0 Å². The molecule has 1 aromatic rings. The molecule has 1 aromatic heterocycles. The minimum absolute atomic E-state index is 0.141. The highest BCUT2D eigenvalue weighted by atomic mass is 32.1. The molecule has 1 saturated carbocycles. The van der Waals surface area contributed by atoms with Gasteiger partial charge < -0.3 is 5.32 Å². The number of rotatable bonds is 4. The molecule has 2 heterocycles. The number of carbonyl (C=O) groups is 1. The van der Waals surface area contributed by atoms with Crippen molar-refractivity contribution in [1.29, 1.82) is 0 Å². The third-order valence-electron chi connectivity index (χ3n) is 5.21. The van der Waals surface area contributed by atoms with Crippen molar-refractivity contribution in [2.75, 3.05) is 13.1 Å². The second-order valence-electron chi connectivity index (χ2n) is 6.73. The third-order valence-corrected chi connectivity index (χ3v) is 6.17. The van der Waals surface area contributed by atoms with Crippen molar-refractivity contribution < 1.29 is 4.79 Å². The van der Waals surface area contributed by atoms with Gasteiger partial charge in [-0.25, -0.2) is 0 Å². The molecule has 0 spiro atoms. The molecule has 1 saturated heterocycles. The molecule has 3 rings (SSSR count). The van der Waals surface area contributed by atoms with Gasteiger partial charge in [-0.2, -0.15) is 0 Å². The summed E-state index contributed by atoms with van der Waals surface area (Å²) < 4.78 is 0. The van der Waals surface area contributed by atoms with Crippen LogP contribution in [0.25, 0.3) is 0 Å². The summed E-state index contributed by atoms with van der Waals surface area (Å²) in [7, 11) is 0. The fraction of sp³-hybridized carbons (Fsp3) is 0.722. The molecule has 0 radical (unpaired) electrons. The van der Waals surface area contributed by atoms with E-state index < -0.39 is 0 Å². The number of piperidine rings is 1. The van der Waals surface area contributed by atoms with E-state index >= 15 is 0 Å². The summed E-state index contributed by atoms with van der Waals surface area (Å²) in [5.41, 5.74) is 1.18. The van der Waals surface area contributed by atoms with E-state index in [0.717, 1.165) is 30.3 Å². The zero-order chi connectivity index (χ0) is 15.4. The van der Waals surface area contributed by atoms with E-state index in [9.17, 15) is 4.79 Å². The van der Waals surface area contributed by atoms with Crippen LogP contribution in [0.15, 0.2) is 11.4 Å². The number of hydrogen-bond donors (Lipinski definition) is 1. The topological polar surface area (TPSA) is 32.3 Å². The Bertz CT molecular complexity index is 493. The summed E-state index contributed by atoms with van der Waals surface area (Å²) in [4.78, 5) is 16.1. The lowest BCUT2D eigenvalue weighted by atomic mass is 9.92. The summed E-state index contributed by atoms with van der Waals surface area (Å²) in [5, 5.41) is 5.33. The van der Waals surface area contributed by atoms with Gasteiger partial charge in [0.2, 0.25) is 0 Å². The van der Waals surface area contributed by atoms with Crippen molar-refractivity contribution in [1.82, 2.24) is 10.2 Å². The van der Waals surface area contributed by atoms with Gasteiger partial charge in [0.25, 0.3) is 5.91 Å². The van der Waals surface area contributed by atoms with E-state index in [1.54, 1.807) is 11.3 Å². The van der Waals surface area contributed by atoms with Gasteiger partial charge in [0, 0.05) is 18.6 Å². The Kier molecular flexibility index (Phi) is 5.53. The van der Waals surface area contributed by atoms with E-state index in [1.807, 2.05) is 5.38 Å². The van der Waals surface area contributed by atoms with Crippen LogP contribution in [0.3, 0.4) is 0 Å². The van der Waals surface area contributed by atoms with E-state index in [2.05, 4.69) is 23.2 Å². The zero-order valence-corrected chi connectivity index (χ0v) is 14.5. The fourth-order valence-electron chi connectivity index (χ4n) is 3.97. The molecular formula is C18H28N2OS. The van der Waals surface area contributed by atoms with Crippen LogP contribution < -0.4 is 5.32 Å². The number of amides is 1. The molecule has 1 atom stereocenters. The maximum absolute atomic E-state index is 12.5. The number of nitrogens with zero attached hydrogens (tertiary/aromatic N) is 1. The largest absolute Gasteiger partial charge is 0.347 e. The van der Waals surface area contributed by atoms with E-state index in [4.69, 9.17) is 0 Å². The monoisotopic (exact) mass is 320 g/mol. The fourth-order valence-corrected chi connectivity index (χ4v) is 4.86. The average molecular weight is 321 g/mol. The van der Waals surface area contributed by atoms with Gasteiger partial charge >= 0.3 is 0 Å². The quantitative estimate of drug-likeness (QED) is 0.914. The Morgan fingerprint density at radius 1 is 1.27 bits per heavy atom. The Balaban J connectivity index is 1.57. The lowest BCUT2D eigenvalue weighted by Gasteiger charge is -2.40. The van der Waals surface area contributed by atoms with E-state index in [-0.39, 0.29) is 5.91 Å². The molecule has 0 bridgehead atoms. The van der Waals surface area contributed by atoms with Crippen LogP contribution in [0.1, 0.15) is 67.1 Å². The maximum atomic E-state index is 12.5. The maximum Gasteiger partial charge on any atom is 0.261 e. The summed E-state index contributed by atoms with van der Waals surface area (Å²) in [6.07, 6.45) is 10.2. The predicted octanol–water partition coefficient (Wildman–Crippen LogP) is 3.84. The van der Waals surface area contributed by atoms with Crippen LogP contribution in [-0.4, -0.2) is 36.0 Å². The van der Waals surface area contributed by atoms with E-state index in [1.165, 1.54) is 50.6 Å². The highest BCUT2D eigenvalue weighted by Gasteiger charge is 2.28. The first-order chi connectivity index (χ1) is 10.8. The first-order valence-electron chi connectivity index (χ1n) is 8.89. The normalized spacial score (nSPS) is 24.3. The molecular weight excluding hydrogens is 292 g/mol. The number of nitrogens with one attached hydrogen (secondary N) is 1. The van der Waals surface area contributed by atoms with Crippen molar-refractivity contribution >= 4 is 17.2 Å². The Morgan fingerprint density at radius 2 is 2.09 bits per heavy atom. The standard InChI is InChI=1S/C18H28N2OS/c1-2-14-10-12-22-17(14)18(21)19-15-7-6-11-20(13-15)16-8-4-3-5-9-16/h10,12,15-16H,2-9,11,13H2,1H3,(H,19,21). The summed E-state index contributed by atoms with van der Waals surface area (Å²) in [5.74, 6) is 0.141. The number of thiophene rings is 1. The molecule has 0 aromatic carbocycles. The molecule has 1 N–H and O–H groups in total. The molecule has 1 unspecified atom stereocenters. The van der Waals surface area contributed by atoms with Crippen LogP contribution >= 0.6 is 11.3 Å². The second kappa shape index (κ2) is 7.60. The molecule has 122 valence electrons. The van der Waals surface area contributed by atoms with Crippen LogP contribution in [-0.2, 0) is 6.42 Å². The summed E-state index contributed by atoms with van der Waals surface area (Å²) in [6, 6.07) is 3.17. The van der Waals surface area contributed by atoms with Gasteiger partial charge in [-0.05, 0) is 55.7 Å². The Hall–Kier alpha value is -0.870. The smallest absolute Gasteiger partial charge is 0.261 e. The second-order valence-corrected chi connectivity index (χ2v) is 7.64. The molecule has 1 aliphatic heterocycles. The molecule has 1 amide bonds. The van der Waals surface area contributed by atoms with Gasteiger partial charge in [0.1, 0.15) is 0 Å². The highest BCUT2D eigenvalue weighted by molar-refractivity contribution is 7.12. The average Bonchev–Trinajstić information content (AvgIpc) is 3.05. The van der Waals surface area contributed by atoms with Crippen LogP contribution in [0.5, 0.6) is 0 Å². The number of hydrogen-bond acceptors (Lipinski definition) is 3. The van der Waals surface area contributed by atoms with Crippen LogP contribution in [0.4, 0.5) is 0 Å². The predicted molar refractivity (Wildman–Crippen MR) is 92.6 cm³/mol. The zero-order valence-electron chi connectivity index (χ0n) is 13.6. The summed E-state index contributed by atoms with van der Waals surface area (Å²) >= 11 is 1.57. The van der Waals surface area contributed by atoms with Crippen LogP contribution in [0, 0.1) is 0 Å². The SMILES string of the molecule is CCc1ccsc1C(=O)NC1CCCN(C2CCCCC2)C1. The lowest BCUT2D eigenvalue weighted by molar-refractivity contribution is 0.0838. The number of likely N-dealkylation sites (tertiary alicyclic amines) is 1. The number of aryl methyl sites for hydroxylation is 1. The minimum atomic E-state index is 0.141. The van der Waals surface area contributed by atoms with Crippen molar-refractivity contribution in [2.24, 2.45) is 0 Å². The molecule has 3 nitrogen and oxygen atoms in total. The van der Waals surface area contributed by atoms with Gasteiger partial charge in [-0.3, -0.25) is 9.69 Å². The van der Waals surface area contributed by atoms with Crippen molar-refractivity contribution in [2.45, 2.75) is 70.4 Å². The molecule has 1 aliphatic carbocycles.